The van der Waals surface area contributed by atoms with Crippen molar-refractivity contribution in [3.8, 4) is 11.5 Å². The lowest BCUT2D eigenvalue weighted by Gasteiger charge is -2.31. The molecule has 0 aromatic heterocycles. The van der Waals surface area contributed by atoms with Crippen molar-refractivity contribution >= 4 is 39.1 Å². The minimum absolute atomic E-state index is 0.0358. The highest BCUT2D eigenvalue weighted by Gasteiger charge is 2.30. The number of nitrogens with one attached hydrogen (secondary N) is 1. The van der Waals surface area contributed by atoms with Crippen LogP contribution in [-0.2, 0) is 26.2 Å². The Balaban J connectivity index is 1.91. The molecule has 0 bridgehead atoms. The van der Waals surface area contributed by atoms with Gasteiger partial charge in [0.2, 0.25) is 28.6 Å². The number of halogens is 1. The SMILES string of the molecule is CCNC(=O)[C@H](C)N(Cc1cccc(Cl)c1)C(=O)CN(c1ccc2c(c1)OCO2)S(C)(=O)=O. The Morgan fingerprint density at radius 2 is 1.88 bits per heavy atom. The van der Waals surface area contributed by atoms with Gasteiger partial charge < -0.3 is 19.7 Å². The van der Waals surface area contributed by atoms with E-state index in [1.807, 2.05) is 0 Å². The molecule has 0 spiro atoms. The Kier molecular flexibility index (Phi) is 7.70. The zero-order valence-electron chi connectivity index (χ0n) is 18.6. The predicted molar refractivity (Wildman–Crippen MR) is 125 cm³/mol. The van der Waals surface area contributed by atoms with Crippen LogP contribution in [0.4, 0.5) is 5.69 Å². The average molecular weight is 496 g/mol. The Morgan fingerprint density at radius 1 is 1.15 bits per heavy atom. The number of rotatable bonds is 9. The summed E-state index contributed by atoms with van der Waals surface area (Å²) in [4.78, 5) is 27.3. The first kappa shape index (κ1) is 24.7. The number of nitrogens with zero attached hydrogens (tertiary/aromatic N) is 2. The number of fused-ring (bicyclic) bond motifs is 1. The lowest BCUT2D eigenvalue weighted by atomic mass is 10.1. The number of likely N-dealkylation sites (N-methyl/N-ethyl adjacent to an activating group) is 1. The molecule has 1 aliphatic heterocycles. The summed E-state index contributed by atoms with van der Waals surface area (Å²) in [7, 11) is -3.83. The molecule has 33 heavy (non-hydrogen) atoms. The summed E-state index contributed by atoms with van der Waals surface area (Å²) in [6.45, 7) is 3.39. The zero-order valence-corrected chi connectivity index (χ0v) is 20.1. The Bertz CT molecular complexity index is 1140. The van der Waals surface area contributed by atoms with Crippen LogP contribution >= 0.6 is 11.6 Å². The van der Waals surface area contributed by atoms with Crippen molar-refractivity contribution in [2.24, 2.45) is 0 Å². The molecule has 0 radical (unpaired) electrons. The molecule has 9 nitrogen and oxygen atoms in total. The van der Waals surface area contributed by atoms with E-state index in [1.165, 1.54) is 17.0 Å². The van der Waals surface area contributed by atoms with E-state index in [1.54, 1.807) is 44.2 Å². The lowest BCUT2D eigenvalue weighted by Crippen LogP contribution is -2.51. The standard InChI is InChI=1S/C22H26ClN3O6S/c1-4-24-22(28)15(2)25(12-16-6-5-7-17(23)10-16)21(27)13-26(33(3,29)30)18-8-9-19-20(11-18)32-14-31-19/h5-11,15H,4,12-14H2,1-3H3,(H,24,28)/t15-/m0/s1. The molecule has 1 aliphatic rings. The van der Waals surface area contributed by atoms with E-state index in [0.29, 0.717) is 28.6 Å². The number of ether oxygens (including phenoxy) is 2. The summed E-state index contributed by atoms with van der Waals surface area (Å²) >= 11 is 6.08. The molecule has 1 atom stereocenters. The van der Waals surface area contributed by atoms with E-state index in [9.17, 15) is 18.0 Å². The molecule has 2 aromatic rings. The van der Waals surface area contributed by atoms with Gasteiger partial charge in [-0.25, -0.2) is 8.42 Å². The molecule has 0 saturated carbocycles. The van der Waals surface area contributed by atoms with Crippen LogP contribution in [0.2, 0.25) is 5.02 Å². The van der Waals surface area contributed by atoms with Crippen molar-refractivity contribution in [3.63, 3.8) is 0 Å². The van der Waals surface area contributed by atoms with Crippen molar-refractivity contribution in [2.75, 3.05) is 30.4 Å². The van der Waals surface area contributed by atoms with Crippen LogP contribution in [0.15, 0.2) is 42.5 Å². The Hall–Kier alpha value is -2.98. The summed E-state index contributed by atoms with van der Waals surface area (Å²) in [6.07, 6.45) is 1.01. The molecular weight excluding hydrogens is 470 g/mol. The van der Waals surface area contributed by atoms with Crippen molar-refractivity contribution in [1.29, 1.82) is 0 Å². The fourth-order valence-electron chi connectivity index (χ4n) is 3.39. The smallest absolute Gasteiger partial charge is 0.244 e. The van der Waals surface area contributed by atoms with Crippen LogP contribution in [0.1, 0.15) is 19.4 Å². The van der Waals surface area contributed by atoms with Gasteiger partial charge in [-0.15, -0.1) is 0 Å². The monoisotopic (exact) mass is 495 g/mol. The quantitative estimate of drug-likeness (QED) is 0.572. The van der Waals surface area contributed by atoms with Crippen LogP contribution in [0.3, 0.4) is 0 Å². The maximum atomic E-state index is 13.4. The molecule has 2 aromatic carbocycles. The third-order valence-electron chi connectivity index (χ3n) is 5.08. The van der Waals surface area contributed by atoms with Gasteiger partial charge in [-0.1, -0.05) is 23.7 Å². The highest BCUT2D eigenvalue weighted by Crippen LogP contribution is 2.36. The first-order chi connectivity index (χ1) is 15.6. The van der Waals surface area contributed by atoms with Gasteiger partial charge in [-0.2, -0.15) is 0 Å². The van der Waals surface area contributed by atoms with Gasteiger partial charge in [0, 0.05) is 24.2 Å². The van der Waals surface area contributed by atoms with Gasteiger partial charge in [0.25, 0.3) is 0 Å². The van der Waals surface area contributed by atoms with E-state index in [2.05, 4.69) is 5.32 Å². The van der Waals surface area contributed by atoms with Gasteiger partial charge in [0.1, 0.15) is 12.6 Å². The molecule has 0 unspecified atom stereocenters. The third-order valence-corrected chi connectivity index (χ3v) is 6.46. The van der Waals surface area contributed by atoms with Gasteiger partial charge in [-0.3, -0.25) is 13.9 Å². The number of amides is 2. The molecular formula is C22H26ClN3O6S. The normalized spacial score (nSPS) is 13.3. The summed E-state index contributed by atoms with van der Waals surface area (Å²) in [5, 5.41) is 3.19. The minimum atomic E-state index is -3.83. The highest BCUT2D eigenvalue weighted by atomic mass is 35.5. The van der Waals surface area contributed by atoms with Crippen LogP contribution in [-0.4, -0.2) is 57.3 Å². The molecule has 1 heterocycles. The second kappa shape index (κ2) is 10.3. The molecule has 0 saturated heterocycles. The molecule has 178 valence electrons. The van der Waals surface area contributed by atoms with Gasteiger partial charge in [-0.05, 0) is 43.7 Å². The number of anilines is 1. The molecule has 3 rings (SSSR count). The minimum Gasteiger partial charge on any atom is -0.454 e. The number of hydrogen-bond acceptors (Lipinski definition) is 6. The third kappa shape index (κ3) is 6.08. The molecule has 0 aliphatic carbocycles. The predicted octanol–water partition coefficient (Wildman–Crippen LogP) is 2.39. The fourth-order valence-corrected chi connectivity index (χ4v) is 4.44. The molecule has 2 amide bonds. The van der Waals surface area contributed by atoms with Crippen molar-refractivity contribution in [3.05, 3.63) is 53.1 Å². The summed E-state index contributed by atoms with van der Waals surface area (Å²) < 4.78 is 36.8. The second-order valence-corrected chi connectivity index (χ2v) is 9.87. The average Bonchev–Trinajstić information content (AvgIpc) is 3.22. The lowest BCUT2D eigenvalue weighted by molar-refractivity contribution is -0.139. The number of benzene rings is 2. The number of sulfonamides is 1. The topological polar surface area (TPSA) is 105 Å². The largest absolute Gasteiger partial charge is 0.454 e. The molecule has 0 fully saturated rings. The van der Waals surface area contributed by atoms with E-state index < -0.39 is 28.5 Å². The highest BCUT2D eigenvalue weighted by molar-refractivity contribution is 7.92. The Labute approximate surface area is 198 Å². The second-order valence-electron chi connectivity index (χ2n) is 7.53. The van der Waals surface area contributed by atoms with Crippen molar-refractivity contribution < 1.29 is 27.5 Å². The van der Waals surface area contributed by atoms with Crippen LogP contribution in [0, 0.1) is 0 Å². The van der Waals surface area contributed by atoms with Crippen LogP contribution < -0.4 is 19.1 Å². The number of carbonyl (C=O) groups is 2. The summed E-state index contributed by atoms with van der Waals surface area (Å²) in [6, 6.07) is 10.7. The van der Waals surface area contributed by atoms with Gasteiger partial charge >= 0.3 is 0 Å². The van der Waals surface area contributed by atoms with Crippen molar-refractivity contribution in [2.45, 2.75) is 26.4 Å². The maximum absolute atomic E-state index is 13.4. The molecule has 1 N–H and O–H groups in total. The number of hydrogen-bond donors (Lipinski definition) is 1. The van der Waals surface area contributed by atoms with E-state index >= 15 is 0 Å². The zero-order chi connectivity index (χ0) is 24.2. The van der Waals surface area contributed by atoms with E-state index in [4.69, 9.17) is 21.1 Å². The van der Waals surface area contributed by atoms with Gasteiger partial charge in [0.15, 0.2) is 11.5 Å². The van der Waals surface area contributed by atoms with Crippen LogP contribution in [0.25, 0.3) is 0 Å². The molecule has 11 heteroatoms. The first-order valence-corrected chi connectivity index (χ1v) is 12.5. The number of carbonyl (C=O) groups excluding carboxylic acids is 2. The van der Waals surface area contributed by atoms with Crippen LogP contribution in [0.5, 0.6) is 11.5 Å². The van der Waals surface area contributed by atoms with E-state index in [0.717, 1.165) is 10.6 Å². The van der Waals surface area contributed by atoms with Crippen molar-refractivity contribution in [1.82, 2.24) is 10.2 Å². The fraction of sp³-hybridized carbons (Fsp3) is 0.364. The Morgan fingerprint density at radius 3 is 2.55 bits per heavy atom. The maximum Gasteiger partial charge on any atom is 0.244 e. The summed E-state index contributed by atoms with van der Waals surface area (Å²) in [5.74, 6) is -0.00951. The van der Waals surface area contributed by atoms with Gasteiger partial charge in [0.05, 0.1) is 11.9 Å². The van der Waals surface area contributed by atoms with E-state index in [-0.39, 0.29) is 24.9 Å². The first-order valence-electron chi connectivity index (χ1n) is 10.3. The summed E-state index contributed by atoms with van der Waals surface area (Å²) in [5.41, 5.74) is 0.962.